The second kappa shape index (κ2) is 8.60. The molecule has 0 unspecified atom stereocenters. The second-order valence-corrected chi connectivity index (χ2v) is 6.82. The zero-order valence-corrected chi connectivity index (χ0v) is 16.1. The van der Waals surface area contributed by atoms with Gasteiger partial charge in [0.2, 0.25) is 0 Å². The van der Waals surface area contributed by atoms with Crippen molar-refractivity contribution in [1.82, 2.24) is 4.90 Å². The molecular formula is C20H19F3NO3S-. The molecule has 0 aliphatic carbocycles. The molecule has 0 spiro atoms. The SMILES string of the molecule is COc1cccc(OC)c1[C-]1SC=CN1Cc1ccc(OCC(F)(F)F)cc1. The van der Waals surface area contributed by atoms with Crippen molar-refractivity contribution >= 4 is 11.8 Å². The van der Waals surface area contributed by atoms with Crippen LogP contribution in [0.2, 0.25) is 0 Å². The summed E-state index contributed by atoms with van der Waals surface area (Å²) in [6, 6.07) is 12.2. The number of methoxy groups -OCH3 is 2. The molecule has 150 valence electrons. The Hall–Kier alpha value is -2.61. The standard InChI is InChI=1S/C20H19F3NO3S/c1-25-16-4-3-5-17(26-2)18(16)19-24(10-11-28-19)12-14-6-8-15(9-7-14)27-13-20(21,22)23/h3-11H,12-13H2,1-2H3/q-1. The minimum atomic E-state index is -4.35. The van der Waals surface area contributed by atoms with E-state index in [-0.39, 0.29) is 5.75 Å². The van der Waals surface area contributed by atoms with Crippen LogP contribution in [0.3, 0.4) is 0 Å². The van der Waals surface area contributed by atoms with Crippen molar-refractivity contribution in [2.45, 2.75) is 12.7 Å². The van der Waals surface area contributed by atoms with E-state index in [2.05, 4.69) is 0 Å². The molecule has 1 heterocycles. The Morgan fingerprint density at radius 3 is 2.21 bits per heavy atom. The Kier molecular flexibility index (Phi) is 6.18. The Bertz CT molecular complexity index is 802. The summed E-state index contributed by atoms with van der Waals surface area (Å²) in [6.07, 6.45) is -2.41. The van der Waals surface area contributed by atoms with Gasteiger partial charge in [0.15, 0.2) is 6.61 Å². The molecule has 0 fully saturated rings. The van der Waals surface area contributed by atoms with Gasteiger partial charge in [-0.15, -0.1) is 11.8 Å². The number of benzene rings is 2. The fraction of sp³-hybridized carbons (Fsp3) is 0.250. The van der Waals surface area contributed by atoms with Crippen LogP contribution in [0, 0.1) is 5.37 Å². The first-order valence-electron chi connectivity index (χ1n) is 8.38. The van der Waals surface area contributed by atoms with Gasteiger partial charge in [0.05, 0.1) is 14.2 Å². The highest BCUT2D eigenvalue weighted by Crippen LogP contribution is 2.46. The number of rotatable bonds is 7. The minimum absolute atomic E-state index is 0.183. The summed E-state index contributed by atoms with van der Waals surface area (Å²) >= 11 is 1.55. The van der Waals surface area contributed by atoms with Crippen LogP contribution in [-0.4, -0.2) is 31.9 Å². The van der Waals surface area contributed by atoms with E-state index < -0.39 is 12.8 Å². The highest BCUT2D eigenvalue weighted by atomic mass is 32.2. The Balaban J connectivity index is 1.73. The predicted octanol–water partition coefficient (Wildman–Crippen LogP) is 5.20. The molecule has 3 rings (SSSR count). The van der Waals surface area contributed by atoms with Gasteiger partial charge in [-0.25, -0.2) is 0 Å². The molecule has 0 bridgehead atoms. The van der Waals surface area contributed by atoms with Crippen LogP contribution >= 0.6 is 11.8 Å². The minimum Gasteiger partial charge on any atom is -0.553 e. The zero-order chi connectivity index (χ0) is 20.1. The summed E-state index contributed by atoms with van der Waals surface area (Å²) in [4.78, 5) is 2.04. The van der Waals surface area contributed by atoms with Crippen LogP contribution in [-0.2, 0) is 6.54 Å². The van der Waals surface area contributed by atoms with Gasteiger partial charge in [-0.05, 0) is 34.7 Å². The van der Waals surface area contributed by atoms with Crippen LogP contribution in [0.1, 0.15) is 11.1 Å². The van der Waals surface area contributed by atoms with Gasteiger partial charge >= 0.3 is 6.18 Å². The summed E-state index contributed by atoms with van der Waals surface area (Å²) in [6.45, 7) is -0.761. The molecule has 0 aromatic heterocycles. The summed E-state index contributed by atoms with van der Waals surface area (Å²) < 4.78 is 52.5. The number of hydrogen-bond acceptors (Lipinski definition) is 5. The Morgan fingerprint density at radius 2 is 1.64 bits per heavy atom. The van der Waals surface area contributed by atoms with Crippen molar-refractivity contribution in [3.8, 4) is 17.2 Å². The number of ether oxygens (including phenoxy) is 3. The number of nitrogens with zero attached hydrogens (tertiary/aromatic N) is 1. The lowest BCUT2D eigenvalue weighted by molar-refractivity contribution is -0.153. The zero-order valence-electron chi connectivity index (χ0n) is 15.3. The maximum Gasteiger partial charge on any atom is 0.422 e. The molecule has 4 nitrogen and oxygen atoms in total. The van der Waals surface area contributed by atoms with E-state index in [4.69, 9.17) is 14.2 Å². The molecule has 0 saturated carbocycles. The molecule has 2 aromatic rings. The van der Waals surface area contributed by atoms with Crippen molar-refractivity contribution in [3.63, 3.8) is 0 Å². The smallest absolute Gasteiger partial charge is 0.422 e. The monoisotopic (exact) mass is 410 g/mol. The fourth-order valence-corrected chi connectivity index (χ4v) is 3.66. The normalized spacial score (nSPS) is 13.8. The molecule has 8 heteroatoms. The van der Waals surface area contributed by atoms with Crippen molar-refractivity contribution in [2.24, 2.45) is 0 Å². The highest BCUT2D eigenvalue weighted by molar-refractivity contribution is 8.05. The van der Waals surface area contributed by atoms with Gasteiger partial charge in [-0.3, -0.25) is 0 Å². The van der Waals surface area contributed by atoms with Gasteiger partial charge in [-0.1, -0.05) is 35.9 Å². The molecule has 0 saturated heterocycles. The van der Waals surface area contributed by atoms with E-state index in [1.807, 2.05) is 34.7 Å². The molecule has 0 N–H and O–H groups in total. The van der Waals surface area contributed by atoms with Crippen LogP contribution < -0.4 is 14.2 Å². The molecule has 1 aliphatic heterocycles. The lowest BCUT2D eigenvalue weighted by Crippen LogP contribution is -2.20. The first kappa shape index (κ1) is 20.1. The summed E-state index contributed by atoms with van der Waals surface area (Å²) in [5, 5.41) is 2.91. The second-order valence-electron chi connectivity index (χ2n) is 5.92. The molecule has 1 aliphatic rings. The first-order chi connectivity index (χ1) is 13.4. The van der Waals surface area contributed by atoms with Crippen LogP contribution in [0.5, 0.6) is 17.2 Å². The van der Waals surface area contributed by atoms with Crippen molar-refractivity contribution in [1.29, 1.82) is 0 Å². The van der Waals surface area contributed by atoms with Gasteiger partial charge < -0.3 is 19.1 Å². The third kappa shape index (κ3) is 4.81. The lowest BCUT2D eigenvalue weighted by atomic mass is 10.1. The average molecular weight is 410 g/mol. The van der Waals surface area contributed by atoms with E-state index in [0.717, 1.165) is 16.5 Å². The quantitative estimate of drug-likeness (QED) is 0.586. The number of alkyl halides is 3. The molecule has 0 atom stereocenters. The van der Waals surface area contributed by atoms with E-state index in [0.29, 0.717) is 18.0 Å². The number of hydrogen-bond donors (Lipinski definition) is 0. The predicted molar refractivity (Wildman–Crippen MR) is 102 cm³/mol. The topological polar surface area (TPSA) is 30.9 Å². The van der Waals surface area contributed by atoms with Gasteiger partial charge in [0, 0.05) is 18.0 Å². The van der Waals surface area contributed by atoms with Crippen LogP contribution in [0.4, 0.5) is 13.2 Å². The van der Waals surface area contributed by atoms with Gasteiger partial charge in [0.1, 0.15) is 5.75 Å². The van der Waals surface area contributed by atoms with Gasteiger partial charge in [-0.2, -0.15) is 13.2 Å². The van der Waals surface area contributed by atoms with Crippen molar-refractivity contribution < 1.29 is 27.4 Å². The van der Waals surface area contributed by atoms with E-state index in [1.165, 1.54) is 12.1 Å². The van der Waals surface area contributed by atoms with Crippen LogP contribution in [0.15, 0.2) is 54.1 Å². The molecule has 0 amide bonds. The highest BCUT2D eigenvalue weighted by Gasteiger charge is 2.28. The third-order valence-electron chi connectivity index (χ3n) is 4.00. The summed E-state index contributed by atoms with van der Waals surface area (Å²) in [5.41, 5.74) is 1.78. The van der Waals surface area contributed by atoms with Crippen LogP contribution in [0.25, 0.3) is 0 Å². The fourth-order valence-electron chi connectivity index (χ4n) is 2.75. The maximum absolute atomic E-state index is 12.3. The van der Waals surface area contributed by atoms with E-state index in [1.54, 1.807) is 38.1 Å². The lowest BCUT2D eigenvalue weighted by Gasteiger charge is -2.35. The third-order valence-corrected chi connectivity index (χ3v) is 4.92. The largest absolute Gasteiger partial charge is 0.553 e. The number of thioether (sulfide) groups is 1. The van der Waals surface area contributed by atoms with E-state index >= 15 is 0 Å². The van der Waals surface area contributed by atoms with E-state index in [9.17, 15) is 13.2 Å². The van der Waals surface area contributed by atoms with Crippen molar-refractivity contribution in [3.05, 3.63) is 70.6 Å². The maximum atomic E-state index is 12.3. The first-order valence-corrected chi connectivity index (χ1v) is 9.26. The summed E-state index contributed by atoms with van der Waals surface area (Å²) in [5.74, 6) is 1.58. The molecule has 0 radical (unpaired) electrons. The van der Waals surface area contributed by atoms with Crippen molar-refractivity contribution in [2.75, 3.05) is 20.8 Å². The Morgan fingerprint density at radius 1 is 1.00 bits per heavy atom. The molecule has 2 aromatic carbocycles. The average Bonchev–Trinajstić information content (AvgIpc) is 3.13. The number of halogens is 3. The molecule has 28 heavy (non-hydrogen) atoms. The molecular weight excluding hydrogens is 391 g/mol. The van der Waals surface area contributed by atoms with Gasteiger partial charge in [0.25, 0.3) is 0 Å². The summed E-state index contributed by atoms with van der Waals surface area (Å²) in [7, 11) is 3.21. The Labute approximate surface area is 165 Å².